The minimum atomic E-state index is 0.406. The molecule has 94 valence electrons. The molecule has 0 saturated heterocycles. The standard InChI is InChI=1S/C13H7Cl5/c14-6-7-1-2-10(15)8(3-7)9-4-12(17)13(18)5-11(9)16/h1-5H,6H2. The fourth-order valence-electron chi connectivity index (χ4n) is 1.59. The molecule has 0 bridgehead atoms. The van der Waals surface area contributed by atoms with Crippen LogP contribution in [0.1, 0.15) is 5.56 Å². The number of hydrogen-bond acceptors (Lipinski definition) is 0. The first-order valence-corrected chi connectivity index (χ1v) is 7.07. The summed E-state index contributed by atoms with van der Waals surface area (Å²) >= 11 is 30.1. The quantitative estimate of drug-likeness (QED) is 0.421. The van der Waals surface area contributed by atoms with Crippen LogP contribution in [0.25, 0.3) is 11.1 Å². The molecule has 0 saturated carbocycles. The van der Waals surface area contributed by atoms with Crippen LogP contribution in [0.4, 0.5) is 0 Å². The fourth-order valence-corrected chi connectivity index (χ4v) is 2.63. The molecule has 2 aromatic rings. The lowest BCUT2D eigenvalue weighted by Gasteiger charge is -2.10. The Balaban J connectivity index is 2.64. The van der Waals surface area contributed by atoms with Crippen LogP contribution in [0.15, 0.2) is 30.3 Å². The summed E-state index contributed by atoms with van der Waals surface area (Å²) in [6.07, 6.45) is 0. The first-order chi connectivity index (χ1) is 8.52. The minimum absolute atomic E-state index is 0.406. The predicted molar refractivity (Wildman–Crippen MR) is 81.5 cm³/mol. The Kier molecular flexibility index (Phi) is 4.69. The van der Waals surface area contributed by atoms with Crippen LogP contribution in [0, 0.1) is 0 Å². The molecule has 0 aliphatic rings. The molecule has 2 rings (SSSR count). The second kappa shape index (κ2) is 5.90. The number of hydrogen-bond donors (Lipinski definition) is 0. The Morgan fingerprint density at radius 1 is 0.667 bits per heavy atom. The number of alkyl halides is 1. The SMILES string of the molecule is ClCc1ccc(Cl)c(-c2cc(Cl)c(Cl)cc2Cl)c1. The Morgan fingerprint density at radius 2 is 1.28 bits per heavy atom. The Morgan fingerprint density at radius 3 is 1.94 bits per heavy atom. The molecule has 0 spiro atoms. The molecule has 0 nitrogen and oxygen atoms in total. The van der Waals surface area contributed by atoms with Crippen LogP contribution in [0.5, 0.6) is 0 Å². The van der Waals surface area contributed by atoms with Gasteiger partial charge in [-0.15, -0.1) is 11.6 Å². The van der Waals surface area contributed by atoms with Gasteiger partial charge in [0, 0.05) is 22.0 Å². The summed E-state index contributed by atoms with van der Waals surface area (Å²) in [5.41, 5.74) is 2.49. The van der Waals surface area contributed by atoms with Crippen LogP contribution in [0.3, 0.4) is 0 Å². The van der Waals surface area contributed by atoms with E-state index >= 15 is 0 Å². The molecular formula is C13H7Cl5. The lowest BCUT2D eigenvalue weighted by atomic mass is 10.0. The van der Waals surface area contributed by atoms with Gasteiger partial charge in [-0.05, 0) is 29.8 Å². The summed E-state index contributed by atoms with van der Waals surface area (Å²) in [5, 5.41) is 1.93. The van der Waals surface area contributed by atoms with Gasteiger partial charge in [0.25, 0.3) is 0 Å². The van der Waals surface area contributed by atoms with E-state index in [1.54, 1.807) is 18.2 Å². The van der Waals surface area contributed by atoms with Crippen molar-refractivity contribution < 1.29 is 0 Å². The molecule has 18 heavy (non-hydrogen) atoms. The number of benzene rings is 2. The van der Waals surface area contributed by atoms with Crippen molar-refractivity contribution in [3.8, 4) is 11.1 Å². The van der Waals surface area contributed by atoms with Gasteiger partial charge in [0.15, 0.2) is 0 Å². The Hall–Kier alpha value is -0.110. The zero-order valence-corrected chi connectivity index (χ0v) is 12.8. The first-order valence-electron chi connectivity index (χ1n) is 5.02. The van der Waals surface area contributed by atoms with Crippen LogP contribution in [0.2, 0.25) is 20.1 Å². The summed E-state index contributed by atoms with van der Waals surface area (Å²) in [6, 6.07) is 8.84. The lowest BCUT2D eigenvalue weighted by molar-refractivity contribution is 1.40. The van der Waals surface area contributed by atoms with Gasteiger partial charge in [-0.25, -0.2) is 0 Å². The van der Waals surface area contributed by atoms with Gasteiger partial charge in [0.05, 0.1) is 15.1 Å². The van der Waals surface area contributed by atoms with E-state index in [0.29, 0.717) is 26.0 Å². The maximum atomic E-state index is 6.17. The number of rotatable bonds is 2. The van der Waals surface area contributed by atoms with Gasteiger partial charge in [0.1, 0.15) is 0 Å². The third-order valence-corrected chi connectivity index (χ3v) is 4.16. The normalized spacial score (nSPS) is 10.7. The van der Waals surface area contributed by atoms with Crippen molar-refractivity contribution >= 4 is 58.0 Å². The number of halogens is 5. The highest BCUT2D eigenvalue weighted by Crippen LogP contribution is 2.38. The Labute approximate surface area is 130 Å². The van der Waals surface area contributed by atoms with Crippen molar-refractivity contribution in [2.24, 2.45) is 0 Å². The molecule has 0 radical (unpaired) electrons. The van der Waals surface area contributed by atoms with Crippen molar-refractivity contribution in [2.75, 3.05) is 0 Å². The highest BCUT2D eigenvalue weighted by atomic mass is 35.5. The molecule has 0 atom stereocenters. The van der Waals surface area contributed by atoms with E-state index in [-0.39, 0.29) is 0 Å². The molecule has 0 heterocycles. The van der Waals surface area contributed by atoms with Gasteiger partial charge in [-0.3, -0.25) is 0 Å². The van der Waals surface area contributed by atoms with E-state index < -0.39 is 0 Å². The van der Waals surface area contributed by atoms with Crippen molar-refractivity contribution in [3.05, 3.63) is 56.0 Å². The first kappa shape index (κ1) is 14.3. The molecule has 0 aliphatic carbocycles. The van der Waals surface area contributed by atoms with Crippen LogP contribution >= 0.6 is 58.0 Å². The molecule has 0 unspecified atom stereocenters. The molecule has 2 aromatic carbocycles. The van der Waals surface area contributed by atoms with Crippen LogP contribution < -0.4 is 0 Å². The van der Waals surface area contributed by atoms with Gasteiger partial charge < -0.3 is 0 Å². The van der Waals surface area contributed by atoms with E-state index in [9.17, 15) is 0 Å². The van der Waals surface area contributed by atoms with Crippen molar-refractivity contribution in [1.82, 2.24) is 0 Å². The van der Waals surface area contributed by atoms with Crippen LogP contribution in [-0.2, 0) is 5.88 Å². The van der Waals surface area contributed by atoms with E-state index in [2.05, 4.69) is 0 Å². The van der Waals surface area contributed by atoms with Crippen molar-refractivity contribution in [3.63, 3.8) is 0 Å². The molecule has 0 amide bonds. The van der Waals surface area contributed by atoms with Gasteiger partial charge in [-0.2, -0.15) is 0 Å². The molecule has 0 N–H and O–H groups in total. The minimum Gasteiger partial charge on any atom is -0.122 e. The molecule has 0 aromatic heterocycles. The average molecular weight is 340 g/mol. The summed E-state index contributed by atoms with van der Waals surface area (Å²) < 4.78 is 0. The summed E-state index contributed by atoms with van der Waals surface area (Å²) in [4.78, 5) is 0. The Bertz CT molecular complexity index is 592. The summed E-state index contributed by atoms with van der Waals surface area (Å²) in [7, 11) is 0. The largest absolute Gasteiger partial charge is 0.122 e. The second-order valence-electron chi connectivity index (χ2n) is 3.69. The van der Waals surface area contributed by atoms with E-state index in [1.807, 2.05) is 12.1 Å². The van der Waals surface area contributed by atoms with E-state index in [1.165, 1.54) is 0 Å². The highest BCUT2D eigenvalue weighted by molar-refractivity contribution is 6.44. The zero-order chi connectivity index (χ0) is 13.3. The monoisotopic (exact) mass is 338 g/mol. The maximum Gasteiger partial charge on any atom is 0.0607 e. The molecule has 0 fully saturated rings. The fraction of sp³-hybridized carbons (Fsp3) is 0.0769. The highest BCUT2D eigenvalue weighted by Gasteiger charge is 2.11. The predicted octanol–water partition coefficient (Wildman–Crippen LogP) is 6.71. The average Bonchev–Trinajstić information content (AvgIpc) is 2.35. The third-order valence-electron chi connectivity index (χ3n) is 2.49. The van der Waals surface area contributed by atoms with Crippen molar-refractivity contribution in [2.45, 2.75) is 5.88 Å². The molecular weight excluding hydrogens is 333 g/mol. The summed E-state index contributed by atoms with van der Waals surface area (Å²) in [5.74, 6) is 0.406. The van der Waals surface area contributed by atoms with Crippen molar-refractivity contribution in [1.29, 1.82) is 0 Å². The van der Waals surface area contributed by atoms with Gasteiger partial charge in [-0.1, -0.05) is 52.5 Å². The van der Waals surface area contributed by atoms with Gasteiger partial charge in [0.2, 0.25) is 0 Å². The molecule has 0 aliphatic heterocycles. The van der Waals surface area contributed by atoms with Gasteiger partial charge >= 0.3 is 0 Å². The summed E-state index contributed by atoms with van der Waals surface area (Å²) in [6.45, 7) is 0. The van der Waals surface area contributed by atoms with Crippen LogP contribution in [-0.4, -0.2) is 0 Å². The smallest absolute Gasteiger partial charge is 0.0607 e. The molecule has 5 heteroatoms. The van der Waals surface area contributed by atoms with E-state index in [0.717, 1.165) is 16.7 Å². The van der Waals surface area contributed by atoms with E-state index in [4.69, 9.17) is 58.0 Å². The third kappa shape index (κ3) is 2.89. The topological polar surface area (TPSA) is 0 Å². The second-order valence-corrected chi connectivity index (χ2v) is 5.59. The zero-order valence-electron chi connectivity index (χ0n) is 8.98. The maximum absolute atomic E-state index is 6.17. The lowest BCUT2D eigenvalue weighted by Crippen LogP contribution is -1.86.